The molecule has 1 fully saturated rings. The van der Waals surface area contributed by atoms with E-state index >= 15 is 0 Å². The van der Waals surface area contributed by atoms with Gasteiger partial charge in [-0.3, -0.25) is 4.79 Å². The number of para-hydroxylation sites is 1. The molecule has 0 spiro atoms. The van der Waals surface area contributed by atoms with Crippen LogP contribution < -0.4 is 20.4 Å². The van der Waals surface area contributed by atoms with E-state index in [4.69, 9.17) is 18.6 Å². The molecule has 28 heavy (non-hydrogen) atoms. The second kappa shape index (κ2) is 8.93. The molecule has 7 heteroatoms. The van der Waals surface area contributed by atoms with Gasteiger partial charge >= 0.3 is 5.63 Å². The van der Waals surface area contributed by atoms with Gasteiger partial charge in [0, 0.05) is 31.2 Å². The van der Waals surface area contributed by atoms with Gasteiger partial charge in [-0.15, -0.1) is 0 Å². The van der Waals surface area contributed by atoms with Crippen molar-refractivity contribution in [1.29, 1.82) is 0 Å². The summed E-state index contributed by atoms with van der Waals surface area (Å²) in [5.74, 6) is 1.42. The number of amides is 1. The van der Waals surface area contributed by atoms with Crippen molar-refractivity contribution in [2.24, 2.45) is 0 Å². The van der Waals surface area contributed by atoms with Gasteiger partial charge in [0.05, 0.1) is 14.2 Å². The highest BCUT2D eigenvalue weighted by Gasteiger charge is 2.23. The Morgan fingerprint density at radius 1 is 1.21 bits per heavy atom. The summed E-state index contributed by atoms with van der Waals surface area (Å²) in [6.07, 6.45) is 1.62. The minimum absolute atomic E-state index is 0.0256. The van der Waals surface area contributed by atoms with Gasteiger partial charge in [0.25, 0.3) is 5.91 Å². The lowest BCUT2D eigenvalue weighted by molar-refractivity contribution is 0.0795. The highest BCUT2D eigenvalue weighted by molar-refractivity contribution is 5.95. The van der Waals surface area contributed by atoms with Crippen LogP contribution in [0.15, 0.2) is 33.5 Å². The van der Waals surface area contributed by atoms with Crippen molar-refractivity contribution < 1.29 is 23.4 Å². The number of carbonyl (C=O) groups excluding carboxylic acids is 1. The Morgan fingerprint density at radius 3 is 2.61 bits per heavy atom. The molecule has 0 unspecified atom stereocenters. The van der Waals surface area contributed by atoms with E-state index in [0.29, 0.717) is 36.0 Å². The van der Waals surface area contributed by atoms with Crippen molar-refractivity contribution in [2.45, 2.75) is 32.2 Å². The fraction of sp³-hybridized carbons (Fsp3) is 0.429. The van der Waals surface area contributed by atoms with Crippen LogP contribution in [0.4, 0.5) is 0 Å². The molecule has 0 atom stereocenters. The van der Waals surface area contributed by atoms with E-state index in [-0.39, 0.29) is 18.0 Å². The molecular weight excluding hydrogens is 362 g/mol. The predicted molar refractivity (Wildman–Crippen MR) is 103 cm³/mol. The molecule has 1 aliphatic heterocycles. The maximum absolute atomic E-state index is 12.6. The van der Waals surface area contributed by atoms with Crippen molar-refractivity contribution in [2.75, 3.05) is 27.4 Å². The average Bonchev–Trinajstić information content (AvgIpc) is 2.71. The standard InChI is InChI=1S/C21H25NO6/c1-13-11-17(14-7-9-27-10-8-14)28-21(24)18(13)20(23)22-12-15-5-4-6-16(25-2)19(15)26-3/h4-6,11,14H,7-10,12H2,1-3H3,(H,22,23). The lowest BCUT2D eigenvalue weighted by atomic mass is 9.95. The lowest BCUT2D eigenvalue weighted by Gasteiger charge is -2.21. The van der Waals surface area contributed by atoms with Gasteiger partial charge in [0.15, 0.2) is 11.5 Å². The van der Waals surface area contributed by atoms with E-state index in [1.807, 2.05) is 12.1 Å². The van der Waals surface area contributed by atoms with Crippen molar-refractivity contribution in [3.05, 3.63) is 57.1 Å². The predicted octanol–water partition coefficient (Wildman–Crippen LogP) is 2.79. The maximum Gasteiger partial charge on any atom is 0.349 e. The van der Waals surface area contributed by atoms with Crippen LogP contribution in [0, 0.1) is 6.92 Å². The smallest absolute Gasteiger partial charge is 0.349 e. The minimum Gasteiger partial charge on any atom is -0.493 e. The molecule has 0 bridgehead atoms. The highest BCUT2D eigenvalue weighted by Crippen LogP contribution is 2.30. The number of ether oxygens (including phenoxy) is 3. The molecule has 1 aliphatic rings. The summed E-state index contributed by atoms with van der Waals surface area (Å²) in [6, 6.07) is 7.20. The molecular formula is C21H25NO6. The number of rotatable bonds is 6. The van der Waals surface area contributed by atoms with Crippen molar-refractivity contribution in [1.82, 2.24) is 5.32 Å². The first-order chi connectivity index (χ1) is 13.5. The summed E-state index contributed by atoms with van der Waals surface area (Å²) in [4.78, 5) is 25.1. The Bertz CT molecular complexity index is 898. The van der Waals surface area contributed by atoms with Gasteiger partial charge in [-0.2, -0.15) is 0 Å². The van der Waals surface area contributed by atoms with Crippen molar-refractivity contribution >= 4 is 5.91 Å². The Labute approximate surface area is 163 Å². The van der Waals surface area contributed by atoms with E-state index in [2.05, 4.69) is 5.32 Å². The zero-order chi connectivity index (χ0) is 20.1. The number of carbonyl (C=O) groups is 1. The Morgan fingerprint density at radius 2 is 1.96 bits per heavy atom. The number of aryl methyl sites for hydroxylation is 1. The fourth-order valence-corrected chi connectivity index (χ4v) is 3.45. The molecule has 1 N–H and O–H groups in total. The minimum atomic E-state index is -0.614. The Hall–Kier alpha value is -2.80. The molecule has 1 aromatic carbocycles. The summed E-state index contributed by atoms with van der Waals surface area (Å²) in [7, 11) is 3.09. The van der Waals surface area contributed by atoms with Crippen LogP contribution in [0.1, 0.15) is 46.0 Å². The Balaban J connectivity index is 1.77. The van der Waals surface area contributed by atoms with Crippen molar-refractivity contribution in [3.63, 3.8) is 0 Å². The summed E-state index contributed by atoms with van der Waals surface area (Å²) in [6.45, 7) is 3.25. The number of benzene rings is 1. The first-order valence-corrected chi connectivity index (χ1v) is 9.25. The van der Waals surface area contributed by atoms with Crippen molar-refractivity contribution in [3.8, 4) is 11.5 Å². The summed E-state index contributed by atoms with van der Waals surface area (Å²) >= 11 is 0. The SMILES string of the molecule is COc1cccc(CNC(=O)c2c(C)cc(C3CCOCC3)oc2=O)c1OC. The van der Waals surface area contributed by atoms with Crippen LogP contribution in [0.5, 0.6) is 11.5 Å². The van der Waals surface area contributed by atoms with E-state index in [9.17, 15) is 9.59 Å². The average molecular weight is 387 g/mol. The van der Waals surface area contributed by atoms with E-state index in [1.165, 1.54) is 7.11 Å². The molecule has 2 aromatic rings. The molecule has 0 aliphatic carbocycles. The maximum atomic E-state index is 12.6. The van der Waals surface area contributed by atoms with Crippen LogP contribution in [-0.4, -0.2) is 33.3 Å². The van der Waals surface area contributed by atoms with Gasteiger partial charge in [0.1, 0.15) is 11.3 Å². The van der Waals surface area contributed by atoms with Gasteiger partial charge in [-0.25, -0.2) is 4.79 Å². The van der Waals surface area contributed by atoms with Crippen LogP contribution in [0.25, 0.3) is 0 Å². The summed E-state index contributed by atoms with van der Waals surface area (Å²) < 4.78 is 21.5. The lowest BCUT2D eigenvalue weighted by Crippen LogP contribution is -2.30. The van der Waals surface area contributed by atoms with Gasteiger partial charge in [0.2, 0.25) is 0 Å². The molecule has 3 rings (SSSR count). The van der Waals surface area contributed by atoms with Crippen LogP contribution in [0.3, 0.4) is 0 Å². The first kappa shape index (κ1) is 19.9. The van der Waals surface area contributed by atoms with Gasteiger partial charge in [-0.05, 0) is 37.5 Å². The number of methoxy groups -OCH3 is 2. The molecule has 7 nitrogen and oxygen atoms in total. The second-order valence-corrected chi connectivity index (χ2v) is 6.72. The normalized spacial score (nSPS) is 14.5. The fourth-order valence-electron chi connectivity index (χ4n) is 3.45. The number of hydrogen-bond acceptors (Lipinski definition) is 6. The molecule has 0 saturated carbocycles. The molecule has 1 aromatic heterocycles. The molecule has 150 valence electrons. The molecule has 1 saturated heterocycles. The zero-order valence-electron chi connectivity index (χ0n) is 16.4. The number of hydrogen-bond donors (Lipinski definition) is 1. The van der Waals surface area contributed by atoms with Gasteiger partial charge in [-0.1, -0.05) is 12.1 Å². The Kier molecular flexibility index (Phi) is 6.36. The quantitative estimate of drug-likeness (QED) is 0.820. The van der Waals surface area contributed by atoms with Crippen LogP contribution in [-0.2, 0) is 11.3 Å². The van der Waals surface area contributed by atoms with E-state index < -0.39 is 11.5 Å². The van der Waals surface area contributed by atoms with Crippen LogP contribution in [0.2, 0.25) is 0 Å². The highest BCUT2D eigenvalue weighted by atomic mass is 16.5. The van der Waals surface area contributed by atoms with E-state index in [1.54, 1.807) is 26.2 Å². The van der Waals surface area contributed by atoms with E-state index in [0.717, 1.165) is 18.4 Å². The second-order valence-electron chi connectivity index (χ2n) is 6.72. The zero-order valence-corrected chi connectivity index (χ0v) is 16.4. The molecule has 0 radical (unpaired) electrons. The summed E-state index contributed by atoms with van der Waals surface area (Å²) in [5.41, 5.74) is 0.762. The first-order valence-electron chi connectivity index (χ1n) is 9.25. The monoisotopic (exact) mass is 387 g/mol. The topological polar surface area (TPSA) is 87.0 Å². The molecule has 2 heterocycles. The number of nitrogens with one attached hydrogen (secondary N) is 1. The van der Waals surface area contributed by atoms with Crippen LogP contribution >= 0.6 is 0 Å². The third kappa shape index (κ3) is 4.20. The molecule has 1 amide bonds. The van der Waals surface area contributed by atoms with Gasteiger partial charge < -0.3 is 23.9 Å². The third-order valence-electron chi connectivity index (χ3n) is 4.94. The largest absolute Gasteiger partial charge is 0.493 e. The summed E-state index contributed by atoms with van der Waals surface area (Å²) in [5, 5.41) is 2.77. The third-order valence-corrected chi connectivity index (χ3v) is 4.94.